The van der Waals surface area contributed by atoms with Crippen LogP contribution in [0.5, 0.6) is 0 Å². The number of anilines is 1. The highest BCUT2D eigenvalue weighted by Gasteiger charge is 2.34. The van der Waals surface area contributed by atoms with Crippen molar-refractivity contribution in [3.63, 3.8) is 0 Å². The van der Waals surface area contributed by atoms with Crippen molar-refractivity contribution < 1.29 is 4.74 Å². The fourth-order valence-corrected chi connectivity index (χ4v) is 2.63. The zero-order chi connectivity index (χ0) is 14.8. The lowest BCUT2D eigenvalue weighted by Gasteiger charge is -2.42. The summed E-state index contributed by atoms with van der Waals surface area (Å²) < 4.78 is 5.93. The molecule has 2 rings (SSSR count). The molecule has 0 radical (unpaired) electrons. The first kappa shape index (κ1) is 15.1. The smallest absolute Gasteiger partial charge is 0.245 e. The molecule has 0 aliphatic carbocycles. The number of ether oxygens (including phenoxy) is 1. The number of hydrogen-bond donors (Lipinski definition) is 1. The molecule has 1 unspecified atom stereocenters. The fraction of sp³-hybridized carbons (Fsp3) is 0.786. The number of rotatable bonds is 4. The van der Waals surface area contributed by atoms with Gasteiger partial charge in [-0.1, -0.05) is 13.8 Å². The van der Waals surface area contributed by atoms with Crippen molar-refractivity contribution in [2.24, 2.45) is 5.73 Å². The third-order valence-corrected chi connectivity index (χ3v) is 3.53. The van der Waals surface area contributed by atoms with Crippen LogP contribution in [0.2, 0.25) is 0 Å². The van der Waals surface area contributed by atoms with E-state index < -0.39 is 0 Å². The average molecular weight is 279 g/mol. The minimum absolute atomic E-state index is 0.0123. The summed E-state index contributed by atoms with van der Waals surface area (Å²) in [5, 5.41) is 8.60. The molecule has 1 fully saturated rings. The van der Waals surface area contributed by atoms with E-state index in [1.54, 1.807) is 0 Å². The maximum Gasteiger partial charge on any atom is 0.245 e. The Morgan fingerprint density at radius 2 is 1.95 bits per heavy atom. The molecule has 0 amide bonds. The van der Waals surface area contributed by atoms with E-state index in [1.807, 2.05) is 0 Å². The molecule has 2 N–H and O–H groups in total. The molecular formula is C14H25N5O. The van der Waals surface area contributed by atoms with Crippen LogP contribution in [0.25, 0.3) is 0 Å². The lowest BCUT2D eigenvalue weighted by Crippen LogP contribution is -2.55. The lowest BCUT2D eigenvalue weighted by atomic mass is 10.1. The third-order valence-electron chi connectivity index (χ3n) is 3.53. The summed E-state index contributed by atoms with van der Waals surface area (Å²) in [5.74, 6) is 0.689. The van der Waals surface area contributed by atoms with Crippen LogP contribution in [0.3, 0.4) is 0 Å². The van der Waals surface area contributed by atoms with E-state index in [0.717, 1.165) is 37.3 Å². The molecule has 1 aromatic heterocycles. The summed E-state index contributed by atoms with van der Waals surface area (Å²) in [6.45, 7) is 10.3. The first-order valence-corrected chi connectivity index (χ1v) is 7.34. The van der Waals surface area contributed by atoms with Crippen LogP contribution in [-0.2, 0) is 17.6 Å². The standard InChI is InChI=1S/C14H25N5O/c1-5-11-12(6-2)17-18-13(16-11)19-8-10(7-15)20-14(3,4)9-19/h10H,5-9,15H2,1-4H3. The Bertz CT molecular complexity index is 463. The molecule has 1 saturated heterocycles. The van der Waals surface area contributed by atoms with Gasteiger partial charge in [0.05, 0.1) is 23.1 Å². The molecule has 0 bridgehead atoms. The second kappa shape index (κ2) is 6.01. The maximum absolute atomic E-state index is 5.93. The van der Waals surface area contributed by atoms with E-state index in [4.69, 9.17) is 10.5 Å². The van der Waals surface area contributed by atoms with Gasteiger partial charge in [0.25, 0.3) is 0 Å². The van der Waals surface area contributed by atoms with Crippen LogP contribution in [0.1, 0.15) is 39.1 Å². The zero-order valence-electron chi connectivity index (χ0n) is 12.9. The first-order valence-electron chi connectivity index (χ1n) is 7.34. The van der Waals surface area contributed by atoms with Gasteiger partial charge in [-0.05, 0) is 26.7 Å². The van der Waals surface area contributed by atoms with Crippen molar-refractivity contribution in [3.8, 4) is 0 Å². The molecule has 112 valence electrons. The molecule has 20 heavy (non-hydrogen) atoms. The normalized spacial score (nSPS) is 22.1. The van der Waals surface area contributed by atoms with E-state index in [0.29, 0.717) is 12.5 Å². The largest absolute Gasteiger partial charge is 0.367 e. The summed E-state index contributed by atoms with van der Waals surface area (Å²) in [5.41, 5.74) is 7.53. The Hall–Kier alpha value is -1.27. The second-order valence-corrected chi connectivity index (χ2v) is 5.83. The van der Waals surface area contributed by atoms with Crippen molar-refractivity contribution in [3.05, 3.63) is 11.4 Å². The van der Waals surface area contributed by atoms with Crippen LogP contribution >= 0.6 is 0 Å². The van der Waals surface area contributed by atoms with Crippen molar-refractivity contribution >= 4 is 5.95 Å². The van der Waals surface area contributed by atoms with Crippen LogP contribution in [-0.4, -0.2) is 46.5 Å². The highest BCUT2D eigenvalue weighted by molar-refractivity contribution is 5.32. The van der Waals surface area contributed by atoms with Gasteiger partial charge in [-0.2, -0.15) is 5.10 Å². The number of aromatic nitrogens is 3. The second-order valence-electron chi connectivity index (χ2n) is 5.83. The molecule has 0 spiro atoms. The Balaban J connectivity index is 2.26. The summed E-state index contributed by atoms with van der Waals surface area (Å²) >= 11 is 0. The Morgan fingerprint density at radius 1 is 1.25 bits per heavy atom. The van der Waals surface area contributed by atoms with Gasteiger partial charge in [0.15, 0.2) is 0 Å². The monoisotopic (exact) mass is 279 g/mol. The molecule has 6 heteroatoms. The average Bonchev–Trinajstić information content (AvgIpc) is 2.44. The first-order chi connectivity index (χ1) is 9.49. The number of hydrogen-bond acceptors (Lipinski definition) is 6. The van der Waals surface area contributed by atoms with Gasteiger partial charge in [-0.25, -0.2) is 4.98 Å². The fourth-order valence-electron chi connectivity index (χ4n) is 2.63. The van der Waals surface area contributed by atoms with Gasteiger partial charge in [0.2, 0.25) is 5.95 Å². The van der Waals surface area contributed by atoms with E-state index in [9.17, 15) is 0 Å². The van der Waals surface area contributed by atoms with Crippen molar-refractivity contribution in [2.75, 3.05) is 24.5 Å². The number of aryl methyl sites for hydroxylation is 2. The summed E-state index contributed by atoms with van der Waals surface area (Å²) in [7, 11) is 0. The summed E-state index contributed by atoms with van der Waals surface area (Å²) in [4.78, 5) is 6.81. The molecular weight excluding hydrogens is 254 g/mol. The Morgan fingerprint density at radius 3 is 2.55 bits per heavy atom. The predicted octanol–water partition coefficient (Wildman–Crippen LogP) is 0.939. The van der Waals surface area contributed by atoms with E-state index in [-0.39, 0.29) is 11.7 Å². The van der Waals surface area contributed by atoms with Gasteiger partial charge in [-0.15, -0.1) is 5.10 Å². The molecule has 0 aromatic carbocycles. The molecule has 1 atom stereocenters. The Kier molecular flexibility index (Phi) is 4.55. The van der Waals surface area contributed by atoms with Gasteiger partial charge >= 0.3 is 0 Å². The highest BCUT2D eigenvalue weighted by atomic mass is 16.5. The minimum atomic E-state index is -0.249. The molecule has 1 aliphatic rings. The SMILES string of the molecule is CCc1nnc(N2CC(CN)OC(C)(C)C2)nc1CC. The zero-order valence-corrected chi connectivity index (χ0v) is 12.9. The third kappa shape index (κ3) is 3.24. The van der Waals surface area contributed by atoms with Gasteiger partial charge in [-0.3, -0.25) is 0 Å². The van der Waals surface area contributed by atoms with Crippen molar-refractivity contribution in [1.82, 2.24) is 15.2 Å². The molecule has 2 heterocycles. The number of nitrogens with zero attached hydrogens (tertiary/aromatic N) is 4. The topological polar surface area (TPSA) is 77.2 Å². The van der Waals surface area contributed by atoms with Gasteiger partial charge < -0.3 is 15.4 Å². The number of nitrogens with two attached hydrogens (primary N) is 1. The minimum Gasteiger partial charge on any atom is -0.367 e. The number of morpholine rings is 1. The van der Waals surface area contributed by atoms with Crippen molar-refractivity contribution in [2.45, 2.75) is 52.2 Å². The van der Waals surface area contributed by atoms with Gasteiger partial charge in [0.1, 0.15) is 0 Å². The summed E-state index contributed by atoms with van der Waals surface area (Å²) in [6.07, 6.45) is 1.75. The van der Waals surface area contributed by atoms with E-state index in [2.05, 4.69) is 47.8 Å². The van der Waals surface area contributed by atoms with Crippen LogP contribution in [0.15, 0.2) is 0 Å². The predicted molar refractivity (Wildman–Crippen MR) is 78.8 cm³/mol. The van der Waals surface area contributed by atoms with Crippen LogP contribution < -0.4 is 10.6 Å². The molecule has 1 aromatic rings. The van der Waals surface area contributed by atoms with Crippen LogP contribution in [0, 0.1) is 0 Å². The van der Waals surface area contributed by atoms with Gasteiger partial charge in [0, 0.05) is 19.6 Å². The van der Waals surface area contributed by atoms with E-state index in [1.165, 1.54) is 0 Å². The lowest BCUT2D eigenvalue weighted by molar-refractivity contribution is -0.0792. The van der Waals surface area contributed by atoms with Crippen LogP contribution in [0.4, 0.5) is 5.95 Å². The Labute approximate surface area is 120 Å². The molecule has 6 nitrogen and oxygen atoms in total. The molecule has 0 saturated carbocycles. The highest BCUT2D eigenvalue weighted by Crippen LogP contribution is 2.23. The van der Waals surface area contributed by atoms with E-state index >= 15 is 0 Å². The quantitative estimate of drug-likeness (QED) is 0.884. The molecule has 1 aliphatic heterocycles. The summed E-state index contributed by atoms with van der Waals surface area (Å²) in [6, 6.07) is 0. The maximum atomic E-state index is 5.93. The van der Waals surface area contributed by atoms with Crippen molar-refractivity contribution in [1.29, 1.82) is 0 Å².